The van der Waals surface area contributed by atoms with E-state index in [0.717, 1.165) is 24.5 Å². The smallest absolute Gasteiger partial charge is 0.0700 e. The van der Waals surface area contributed by atoms with Crippen LogP contribution in [0, 0.1) is 11.8 Å². The molecule has 0 amide bonds. The highest BCUT2D eigenvalue weighted by Crippen LogP contribution is 2.31. The van der Waals surface area contributed by atoms with Crippen molar-refractivity contribution in [1.29, 1.82) is 0 Å². The molecule has 94 valence electrons. The van der Waals surface area contributed by atoms with E-state index in [0.29, 0.717) is 12.1 Å². The molecule has 1 saturated heterocycles. The highest BCUT2D eigenvalue weighted by Gasteiger charge is 2.32. The van der Waals surface area contributed by atoms with E-state index >= 15 is 0 Å². The number of nitrogens with one attached hydrogen (secondary N) is 1. The Kier molecular flexibility index (Phi) is 4.26. The Hall–Kier alpha value is -0.0800. The second-order valence-electron chi connectivity index (χ2n) is 5.94. The Morgan fingerprint density at radius 3 is 2.44 bits per heavy atom. The summed E-state index contributed by atoms with van der Waals surface area (Å²) in [6, 6.07) is 1.34. The molecular weight excluding hydrogens is 198 g/mol. The summed E-state index contributed by atoms with van der Waals surface area (Å²) in [5.41, 5.74) is 0. The first-order chi connectivity index (χ1) is 7.68. The molecular formula is C14H27NO. The third kappa shape index (κ3) is 2.78. The van der Waals surface area contributed by atoms with Crippen molar-refractivity contribution in [1.82, 2.24) is 5.32 Å². The summed E-state index contributed by atoms with van der Waals surface area (Å²) in [5.74, 6) is 1.69. The molecule has 0 radical (unpaired) electrons. The van der Waals surface area contributed by atoms with Crippen LogP contribution < -0.4 is 5.32 Å². The fraction of sp³-hybridized carbons (Fsp3) is 1.00. The molecule has 2 fully saturated rings. The molecule has 1 saturated carbocycles. The second-order valence-corrected chi connectivity index (χ2v) is 5.94. The van der Waals surface area contributed by atoms with Crippen LogP contribution in [0.15, 0.2) is 0 Å². The van der Waals surface area contributed by atoms with E-state index < -0.39 is 0 Å². The molecule has 1 heterocycles. The van der Waals surface area contributed by atoms with E-state index in [2.05, 4.69) is 26.1 Å². The Morgan fingerprint density at radius 2 is 1.81 bits per heavy atom. The zero-order chi connectivity index (χ0) is 11.5. The first-order valence-corrected chi connectivity index (χ1v) is 7.06. The van der Waals surface area contributed by atoms with Crippen molar-refractivity contribution in [3.05, 3.63) is 0 Å². The third-order valence-corrected chi connectivity index (χ3v) is 4.48. The summed E-state index contributed by atoms with van der Waals surface area (Å²) in [6.45, 7) is 7.90. The quantitative estimate of drug-likeness (QED) is 0.797. The maximum Gasteiger partial charge on any atom is 0.0700 e. The molecule has 1 aliphatic heterocycles. The summed E-state index contributed by atoms with van der Waals surface area (Å²) in [5, 5.41) is 3.87. The Bertz CT molecular complexity index is 217. The van der Waals surface area contributed by atoms with Crippen LogP contribution in [-0.4, -0.2) is 24.8 Å². The van der Waals surface area contributed by atoms with Gasteiger partial charge in [-0.3, -0.25) is 0 Å². The van der Waals surface area contributed by atoms with Crippen LogP contribution >= 0.6 is 0 Å². The standard InChI is InChI=1S/C14H27NO/c1-10(2)12-6-4-5-7-14(12)15-13-8-9-16-11(13)3/h10-15H,4-9H2,1-3H3. The third-order valence-electron chi connectivity index (χ3n) is 4.48. The molecule has 2 aliphatic rings. The molecule has 1 aliphatic carbocycles. The molecule has 2 nitrogen and oxygen atoms in total. The summed E-state index contributed by atoms with van der Waals surface area (Å²) >= 11 is 0. The average Bonchev–Trinajstić information content (AvgIpc) is 2.65. The van der Waals surface area contributed by atoms with E-state index in [-0.39, 0.29) is 0 Å². The number of rotatable bonds is 3. The normalized spacial score (nSPS) is 40.5. The van der Waals surface area contributed by atoms with Crippen molar-refractivity contribution in [2.24, 2.45) is 11.8 Å². The molecule has 4 unspecified atom stereocenters. The van der Waals surface area contributed by atoms with Gasteiger partial charge in [0.05, 0.1) is 6.10 Å². The largest absolute Gasteiger partial charge is 0.377 e. The molecule has 2 rings (SSSR count). The van der Waals surface area contributed by atoms with Gasteiger partial charge in [0.25, 0.3) is 0 Å². The fourth-order valence-electron chi connectivity index (χ4n) is 3.39. The van der Waals surface area contributed by atoms with Gasteiger partial charge in [-0.05, 0) is 38.0 Å². The first kappa shape index (κ1) is 12.4. The predicted octanol–water partition coefficient (Wildman–Crippen LogP) is 2.97. The van der Waals surface area contributed by atoms with Gasteiger partial charge < -0.3 is 10.1 Å². The van der Waals surface area contributed by atoms with Gasteiger partial charge in [-0.15, -0.1) is 0 Å². The predicted molar refractivity (Wildman–Crippen MR) is 67.5 cm³/mol. The van der Waals surface area contributed by atoms with Gasteiger partial charge >= 0.3 is 0 Å². The molecule has 0 aromatic carbocycles. The summed E-state index contributed by atoms with van der Waals surface area (Å²) in [6.07, 6.45) is 7.22. The van der Waals surface area contributed by atoms with Crippen molar-refractivity contribution in [3.63, 3.8) is 0 Å². The van der Waals surface area contributed by atoms with Crippen LogP contribution in [0.25, 0.3) is 0 Å². The maximum atomic E-state index is 5.64. The van der Waals surface area contributed by atoms with Crippen LogP contribution in [0.5, 0.6) is 0 Å². The molecule has 1 N–H and O–H groups in total. The minimum Gasteiger partial charge on any atom is -0.377 e. The van der Waals surface area contributed by atoms with Crippen LogP contribution in [0.2, 0.25) is 0 Å². The van der Waals surface area contributed by atoms with Crippen LogP contribution in [-0.2, 0) is 4.74 Å². The van der Waals surface area contributed by atoms with Crippen molar-refractivity contribution >= 4 is 0 Å². The number of hydrogen-bond donors (Lipinski definition) is 1. The summed E-state index contributed by atoms with van der Waals surface area (Å²) in [7, 11) is 0. The lowest BCUT2D eigenvalue weighted by atomic mass is 9.77. The zero-order valence-corrected chi connectivity index (χ0v) is 11.0. The Balaban J connectivity index is 1.90. The number of ether oxygens (including phenoxy) is 1. The van der Waals surface area contributed by atoms with Crippen molar-refractivity contribution in [2.45, 2.75) is 71.1 Å². The van der Waals surface area contributed by atoms with Gasteiger partial charge in [0.2, 0.25) is 0 Å². The van der Waals surface area contributed by atoms with Crippen molar-refractivity contribution < 1.29 is 4.74 Å². The lowest BCUT2D eigenvalue weighted by molar-refractivity contribution is 0.102. The molecule has 16 heavy (non-hydrogen) atoms. The van der Waals surface area contributed by atoms with Crippen LogP contribution in [0.4, 0.5) is 0 Å². The van der Waals surface area contributed by atoms with Gasteiger partial charge in [0.15, 0.2) is 0 Å². The molecule has 2 heteroatoms. The van der Waals surface area contributed by atoms with Gasteiger partial charge in [-0.25, -0.2) is 0 Å². The van der Waals surface area contributed by atoms with Gasteiger partial charge in [0.1, 0.15) is 0 Å². The maximum absolute atomic E-state index is 5.64. The van der Waals surface area contributed by atoms with E-state index in [1.807, 2.05) is 0 Å². The van der Waals surface area contributed by atoms with Gasteiger partial charge in [-0.2, -0.15) is 0 Å². The minimum atomic E-state index is 0.412. The van der Waals surface area contributed by atoms with E-state index in [1.54, 1.807) is 0 Å². The van der Waals surface area contributed by atoms with Gasteiger partial charge in [-0.1, -0.05) is 26.7 Å². The topological polar surface area (TPSA) is 21.3 Å². The SMILES string of the molecule is CC(C)C1CCCCC1NC1CCOC1C. The van der Waals surface area contributed by atoms with Crippen molar-refractivity contribution in [3.8, 4) is 0 Å². The monoisotopic (exact) mass is 225 g/mol. The molecule has 0 bridgehead atoms. The van der Waals surface area contributed by atoms with E-state index in [9.17, 15) is 0 Å². The van der Waals surface area contributed by atoms with Crippen LogP contribution in [0.1, 0.15) is 52.9 Å². The zero-order valence-electron chi connectivity index (χ0n) is 11.0. The Morgan fingerprint density at radius 1 is 1.06 bits per heavy atom. The Labute approximate surface area is 100 Å². The summed E-state index contributed by atoms with van der Waals surface area (Å²) < 4.78 is 5.64. The molecule has 0 spiro atoms. The lowest BCUT2D eigenvalue weighted by Gasteiger charge is -2.37. The second kappa shape index (κ2) is 5.50. The number of hydrogen-bond acceptors (Lipinski definition) is 2. The van der Waals surface area contributed by atoms with E-state index in [4.69, 9.17) is 4.74 Å². The lowest BCUT2D eigenvalue weighted by Crippen LogP contribution is -2.48. The molecule has 0 aromatic rings. The fourth-order valence-corrected chi connectivity index (χ4v) is 3.39. The minimum absolute atomic E-state index is 0.412. The van der Waals surface area contributed by atoms with Crippen LogP contribution in [0.3, 0.4) is 0 Å². The molecule has 0 aromatic heterocycles. The van der Waals surface area contributed by atoms with E-state index in [1.165, 1.54) is 32.1 Å². The highest BCUT2D eigenvalue weighted by molar-refractivity contribution is 4.88. The molecule has 4 atom stereocenters. The first-order valence-electron chi connectivity index (χ1n) is 7.06. The average molecular weight is 225 g/mol. The summed E-state index contributed by atoms with van der Waals surface area (Å²) in [4.78, 5) is 0. The highest BCUT2D eigenvalue weighted by atomic mass is 16.5. The van der Waals surface area contributed by atoms with Crippen molar-refractivity contribution in [2.75, 3.05) is 6.61 Å². The van der Waals surface area contributed by atoms with Gasteiger partial charge in [0, 0.05) is 18.7 Å².